The Hall–Kier alpha value is -1.42. The number of aliphatic hydroxyl groups excluding tert-OH is 1. The summed E-state index contributed by atoms with van der Waals surface area (Å²) < 4.78 is 0. The maximum absolute atomic E-state index is 11.0. The highest BCUT2D eigenvalue weighted by Crippen LogP contribution is 2.23. The van der Waals surface area contributed by atoms with E-state index in [0.717, 1.165) is 5.56 Å². The van der Waals surface area contributed by atoms with E-state index in [4.69, 9.17) is 0 Å². The summed E-state index contributed by atoms with van der Waals surface area (Å²) in [5, 5.41) is 12.8. The lowest BCUT2D eigenvalue weighted by Gasteiger charge is -2.18. The second-order valence-corrected chi connectivity index (χ2v) is 3.86. The van der Waals surface area contributed by atoms with Gasteiger partial charge in [-0.2, -0.15) is 0 Å². The van der Waals surface area contributed by atoms with Gasteiger partial charge in [0.05, 0.1) is 11.7 Å². The van der Waals surface area contributed by atoms with Gasteiger partial charge in [0.15, 0.2) is 0 Å². The van der Waals surface area contributed by atoms with E-state index in [-0.39, 0.29) is 11.9 Å². The molecule has 2 N–H and O–H groups in total. The monoisotopic (exact) mass is 206 g/mol. The first-order valence-electron chi connectivity index (χ1n) is 5.07. The van der Waals surface area contributed by atoms with Crippen LogP contribution >= 0.6 is 0 Å². The molecule has 4 heteroatoms. The largest absolute Gasteiger partial charge is 0.385 e. The van der Waals surface area contributed by atoms with Crippen LogP contribution in [0, 0.1) is 6.92 Å². The molecule has 15 heavy (non-hydrogen) atoms. The molecular formula is C11H14N2O2. The standard InChI is InChI=1S/C11H14N2O2/c1-7-3-2-6-12-10(7)11(15)8-4-5-9(14)13-8/h2-3,6,8,11,15H,4-5H2,1H3,(H,13,14)/t8-,11-/m0/s1. The second-order valence-electron chi connectivity index (χ2n) is 3.86. The van der Waals surface area contributed by atoms with Crippen LogP contribution in [0.4, 0.5) is 0 Å². The summed E-state index contributed by atoms with van der Waals surface area (Å²) >= 11 is 0. The van der Waals surface area contributed by atoms with Gasteiger partial charge in [0.2, 0.25) is 5.91 Å². The minimum atomic E-state index is -0.697. The van der Waals surface area contributed by atoms with Gasteiger partial charge < -0.3 is 10.4 Å². The van der Waals surface area contributed by atoms with E-state index in [1.54, 1.807) is 6.20 Å². The number of nitrogens with one attached hydrogen (secondary N) is 1. The van der Waals surface area contributed by atoms with E-state index in [0.29, 0.717) is 18.5 Å². The normalized spacial score (nSPS) is 22.5. The van der Waals surface area contributed by atoms with Crippen LogP contribution in [0.25, 0.3) is 0 Å². The van der Waals surface area contributed by atoms with Gasteiger partial charge in [-0.15, -0.1) is 0 Å². The number of amides is 1. The molecule has 0 spiro atoms. The third-order valence-corrected chi connectivity index (χ3v) is 2.74. The fraction of sp³-hybridized carbons (Fsp3) is 0.455. The van der Waals surface area contributed by atoms with Crippen LogP contribution in [0.15, 0.2) is 18.3 Å². The first-order chi connectivity index (χ1) is 7.18. The molecule has 0 radical (unpaired) electrons. The van der Waals surface area contributed by atoms with Crippen molar-refractivity contribution in [1.82, 2.24) is 10.3 Å². The maximum atomic E-state index is 11.0. The average Bonchev–Trinajstić information content (AvgIpc) is 2.65. The number of aliphatic hydroxyl groups is 1. The van der Waals surface area contributed by atoms with Crippen molar-refractivity contribution in [1.29, 1.82) is 0 Å². The Kier molecular flexibility index (Phi) is 2.68. The van der Waals surface area contributed by atoms with Crippen molar-refractivity contribution in [2.45, 2.75) is 31.9 Å². The van der Waals surface area contributed by atoms with Gasteiger partial charge in [0, 0.05) is 12.6 Å². The van der Waals surface area contributed by atoms with Crippen molar-refractivity contribution >= 4 is 5.91 Å². The van der Waals surface area contributed by atoms with E-state index in [9.17, 15) is 9.90 Å². The molecule has 1 saturated heterocycles. The van der Waals surface area contributed by atoms with Crippen molar-refractivity contribution in [2.24, 2.45) is 0 Å². The van der Waals surface area contributed by atoms with Crippen molar-refractivity contribution in [3.05, 3.63) is 29.6 Å². The molecule has 1 aliphatic heterocycles. The number of aromatic nitrogens is 1. The highest BCUT2D eigenvalue weighted by Gasteiger charge is 2.29. The molecule has 1 fully saturated rings. The zero-order valence-corrected chi connectivity index (χ0v) is 8.60. The summed E-state index contributed by atoms with van der Waals surface area (Å²) in [6.45, 7) is 1.91. The minimum absolute atomic E-state index is 0.00707. The summed E-state index contributed by atoms with van der Waals surface area (Å²) in [5.74, 6) is 0.00707. The number of nitrogens with zero attached hydrogens (tertiary/aromatic N) is 1. The molecule has 0 saturated carbocycles. The van der Waals surface area contributed by atoms with Crippen LogP contribution in [-0.4, -0.2) is 22.0 Å². The zero-order valence-electron chi connectivity index (χ0n) is 8.60. The fourth-order valence-electron chi connectivity index (χ4n) is 1.87. The van der Waals surface area contributed by atoms with Gasteiger partial charge in [0.1, 0.15) is 6.10 Å². The zero-order chi connectivity index (χ0) is 10.8. The average molecular weight is 206 g/mol. The predicted molar refractivity (Wildman–Crippen MR) is 55.1 cm³/mol. The SMILES string of the molecule is Cc1cccnc1[C@@H](O)[C@@H]1CCC(=O)N1. The molecule has 2 atom stereocenters. The summed E-state index contributed by atoms with van der Waals surface area (Å²) in [5.41, 5.74) is 1.61. The quantitative estimate of drug-likeness (QED) is 0.748. The first-order valence-corrected chi connectivity index (χ1v) is 5.07. The lowest BCUT2D eigenvalue weighted by atomic mass is 10.0. The summed E-state index contributed by atoms with van der Waals surface area (Å²) in [6.07, 6.45) is 2.13. The fourth-order valence-corrected chi connectivity index (χ4v) is 1.87. The number of carbonyl (C=O) groups excluding carboxylic acids is 1. The number of aryl methyl sites for hydroxylation is 1. The van der Waals surface area contributed by atoms with Gasteiger partial charge in [-0.25, -0.2) is 0 Å². The van der Waals surface area contributed by atoms with E-state index in [1.807, 2.05) is 19.1 Å². The third kappa shape index (κ3) is 1.99. The number of hydrogen-bond donors (Lipinski definition) is 2. The van der Waals surface area contributed by atoms with Gasteiger partial charge in [-0.1, -0.05) is 6.07 Å². The molecule has 80 valence electrons. The van der Waals surface area contributed by atoms with E-state index >= 15 is 0 Å². The van der Waals surface area contributed by atoms with Gasteiger partial charge >= 0.3 is 0 Å². The molecule has 2 heterocycles. The highest BCUT2D eigenvalue weighted by atomic mass is 16.3. The first kappa shape index (κ1) is 10.1. The number of carbonyl (C=O) groups is 1. The van der Waals surface area contributed by atoms with E-state index < -0.39 is 6.10 Å². The molecule has 0 bridgehead atoms. The van der Waals surface area contributed by atoms with Crippen molar-refractivity contribution in [3.8, 4) is 0 Å². The molecule has 1 aromatic heterocycles. The molecule has 0 aromatic carbocycles. The predicted octanol–water partition coefficient (Wildman–Crippen LogP) is 0.702. The molecule has 0 aliphatic carbocycles. The Balaban J connectivity index is 2.17. The molecule has 0 unspecified atom stereocenters. The molecule has 1 amide bonds. The Labute approximate surface area is 88.3 Å². The van der Waals surface area contributed by atoms with E-state index in [1.165, 1.54) is 0 Å². The smallest absolute Gasteiger partial charge is 0.220 e. The lowest BCUT2D eigenvalue weighted by Crippen LogP contribution is -2.32. The van der Waals surface area contributed by atoms with Crippen molar-refractivity contribution in [3.63, 3.8) is 0 Å². The van der Waals surface area contributed by atoms with E-state index in [2.05, 4.69) is 10.3 Å². The Morgan fingerprint density at radius 2 is 2.47 bits per heavy atom. The Morgan fingerprint density at radius 1 is 1.67 bits per heavy atom. The molecule has 1 aromatic rings. The van der Waals surface area contributed by atoms with Gasteiger partial charge in [-0.05, 0) is 25.0 Å². The molecule has 4 nitrogen and oxygen atoms in total. The number of rotatable bonds is 2. The van der Waals surface area contributed by atoms with Crippen LogP contribution in [0.2, 0.25) is 0 Å². The molecular weight excluding hydrogens is 192 g/mol. The van der Waals surface area contributed by atoms with Crippen LogP contribution in [0.3, 0.4) is 0 Å². The number of hydrogen-bond acceptors (Lipinski definition) is 3. The topological polar surface area (TPSA) is 62.2 Å². The summed E-state index contributed by atoms with van der Waals surface area (Å²) in [7, 11) is 0. The van der Waals surface area contributed by atoms with Crippen LogP contribution < -0.4 is 5.32 Å². The number of pyridine rings is 1. The van der Waals surface area contributed by atoms with Crippen molar-refractivity contribution in [2.75, 3.05) is 0 Å². The Morgan fingerprint density at radius 3 is 3.07 bits per heavy atom. The Bertz CT molecular complexity index is 379. The summed E-state index contributed by atoms with van der Waals surface area (Å²) in [4.78, 5) is 15.2. The second kappa shape index (κ2) is 3.98. The van der Waals surface area contributed by atoms with Gasteiger partial charge in [0.25, 0.3) is 0 Å². The minimum Gasteiger partial charge on any atom is -0.385 e. The molecule has 1 aliphatic rings. The van der Waals surface area contributed by atoms with Crippen molar-refractivity contribution < 1.29 is 9.90 Å². The van der Waals surface area contributed by atoms with Gasteiger partial charge in [-0.3, -0.25) is 9.78 Å². The molecule has 2 rings (SSSR count). The highest BCUT2D eigenvalue weighted by molar-refractivity contribution is 5.78. The lowest BCUT2D eigenvalue weighted by molar-refractivity contribution is -0.119. The van der Waals surface area contributed by atoms with Crippen LogP contribution in [0.1, 0.15) is 30.2 Å². The maximum Gasteiger partial charge on any atom is 0.220 e. The summed E-state index contributed by atoms with van der Waals surface area (Å²) in [6, 6.07) is 3.55. The third-order valence-electron chi connectivity index (χ3n) is 2.74. The van der Waals surface area contributed by atoms with Crippen LogP contribution in [0.5, 0.6) is 0 Å². The van der Waals surface area contributed by atoms with Crippen LogP contribution in [-0.2, 0) is 4.79 Å².